The average molecular weight is 207 g/mol. The second-order valence-corrected chi connectivity index (χ2v) is 3.92. The Morgan fingerprint density at radius 1 is 1.40 bits per heavy atom. The summed E-state index contributed by atoms with van der Waals surface area (Å²) in [6.07, 6.45) is 0.771. The number of carboxylic acids is 1. The van der Waals surface area contributed by atoms with Crippen LogP contribution in [0.4, 0.5) is 5.69 Å². The van der Waals surface area contributed by atoms with Gasteiger partial charge >= 0.3 is 5.97 Å². The third-order valence-electron chi connectivity index (χ3n) is 2.33. The zero-order valence-corrected chi connectivity index (χ0v) is 9.45. The second kappa shape index (κ2) is 4.82. The van der Waals surface area contributed by atoms with Gasteiger partial charge in [0.2, 0.25) is 0 Å². The molecule has 0 aliphatic carbocycles. The number of carbonyl (C=O) groups is 1. The van der Waals surface area contributed by atoms with Crippen molar-refractivity contribution in [3.05, 3.63) is 29.3 Å². The van der Waals surface area contributed by atoms with E-state index in [1.165, 1.54) is 5.56 Å². The van der Waals surface area contributed by atoms with Crippen molar-refractivity contribution < 1.29 is 9.90 Å². The molecule has 0 aromatic heterocycles. The zero-order chi connectivity index (χ0) is 11.4. The molecule has 82 valence electrons. The van der Waals surface area contributed by atoms with Crippen molar-refractivity contribution in [2.45, 2.75) is 19.8 Å². The molecule has 1 N–H and O–H groups in total. The molecule has 0 radical (unpaired) electrons. The highest BCUT2D eigenvalue weighted by molar-refractivity contribution is 5.68. The minimum Gasteiger partial charge on any atom is -0.481 e. The number of benzene rings is 1. The van der Waals surface area contributed by atoms with Crippen LogP contribution in [-0.4, -0.2) is 25.2 Å². The van der Waals surface area contributed by atoms with Crippen molar-refractivity contribution in [1.29, 1.82) is 0 Å². The Bertz CT molecular complexity index is 359. The number of aliphatic carboxylic acids is 1. The molecule has 0 bridgehead atoms. The van der Waals surface area contributed by atoms with Gasteiger partial charge in [0.15, 0.2) is 0 Å². The average Bonchev–Trinajstić information content (AvgIpc) is 2.15. The maximum absolute atomic E-state index is 10.5. The van der Waals surface area contributed by atoms with Gasteiger partial charge in [0.1, 0.15) is 0 Å². The zero-order valence-electron chi connectivity index (χ0n) is 9.45. The summed E-state index contributed by atoms with van der Waals surface area (Å²) in [6, 6.07) is 6.11. The Morgan fingerprint density at radius 3 is 2.60 bits per heavy atom. The van der Waals surface area contributed by atoms with Gasteiger partial charge in [-0.15, -0.1) is 0 Å². The number of aryl methyl sites for hydroxylation is 2. The highest BCUT2D eigenvalue weighted by Crippen LogP contribution is 2.21. The topological polar surface area (TPSA) is 40.5 Å². The van der Waals surface area contributed by atoms with Gasteiger partial charge in [0.05, 0.1) is 0 Å². The van der Waals surface area contributed by atoms with Gasteiger partial charge in [-0.3, -0.25) is 4.79 Å². The molecule has 3 nitrogen and oxygen atoms in total. The fourth-order valence-electron chi connectivity index (χ4n) is 1.54. The Balaban J connectivity index is 2.90. The van der Waals surface area contributed by atoms with E-state index in [0.29, 0.717) is 6.42 Å². The summed E-state index contributed by atoms with van der Waals surface area (Å²) in [5.41, 5.74) is 3.39. The van der Waals surface area contributed by atoms with Crippen LogP contribution < -0.4 is 4.90 Å². The van der Waals surface area contributed by atoms with Crippen LogP contribution in [0, 0.1) is 6.92 Å². The van der Waals surface area contributed by atoms with Crippen molar-refractivity contribution in [3.63, 3.8) is 0 Å². The molecule has 0 saturated heterocycles. The Labute approximate surface area is 90.3 Å². The van der Waals surface area contributed by atoms with E-state index < -0.39 is 5.97 Å². The van der Waals surface area contributed by atoms with Crippen LogP contribution in [0.25, 0.3) is 0 Å². The van der Waals surface area contributed by atoms with E-state index in [-0.39, 0.29) is 6.42 Å². The summed E-state index contributed by atoms with van der Waals surface area (Å²) in [5.74, 6) is -0.750. The first kappa shape index (κ1) is 11.6. The van der Waals surface area contributed by atoms with Gasteiger partial charge in [-0.2, -0.15) is 0 Å². The van der Waals surface area contributed by atoms with E-state index in [0.717, 1.165) is 11.3 Å². The van der Waals surface area contributed by atoms with Crippen LogP contribution in [0.2, 0.25) is 0 Å². The molecule has 3 heteroatoms. The van der Waals surface area contributed by atoms with Crippen LogP contribution in [0.5, 0.6) is 0 Å². The smallest absolute Gasteiger partial charge is 0.303 e. The first-order valence-electron chi connectivity index (χ1n) is 4.99. The van der Waals surface area contributed by atoms with Crippen LogP contribution in [0.3, 0.4) is 0 Å². The maximum Gasteiger partial charge on any atom is 0.303 e. The minimum atomic E-state index is -0.750. The van der Waals surface area contributed by atoms with E-state index in [1.54, 1.807) is 0 Å². The lowest BCUT2D eigenvalue weighted by atomic mass is 10.0. The summed E-state index contributed by atoms with van der Waals surface area (Å²) in [7, 11) is 3.94. The molecular weight excluding hydrogens is 190 g/mol. The lowest BCUT2D eigenvalue weighted by Gasteiger charge is -2.17. The molecule has 0 aliphatic rings. The van der Waals surface area contributed by atoms with Gasteiger partial charge in [-0.05, 0) is 30.5 Å². The molecule has 15 heavy (non-hydrogen) atoms. The number of nitrogens with zero attached hydrogens (tertiary/aromatic N) is 1. The number of carboxylic acid groups (broad SMARTS) is 1. The van der Waals surface area contributed by atoms with E-state index in [2.05, 4.69) is 6.07 Å². The van der Waals surface area contributed by atoms with Crippen molar-refractivity contribution in [2.75, 3.05) is 19.0 Å². The number of hydrogen-bond donors (Lipinski definition) is 1. The third-order valence-corrected chi connectivity index (χ3v) is 2.33. The number of anilines is 1. The quantitative estimate of drug-likeness (QED) is 0.821. The monoisotopic (exact) mass is 207 g/mol. The first-order chi connectivity index (χ1) is 7.00. The predicted octanol–water partition coefficient (Wildman–Crippen LogP) is 2.08. The lowest BCUT2D eigenvalue weighted by molar-refractivity contribution is -0.136. The summed E-state index contributed by atoms with van der Waals surface area (Å²) in [5, 5.41) is 8.65. The fourth-order valence-corrected chi connectivity index (χ4v) is 1.54. The van der Waals surface area contributed by atoms with E-state index in [4.69, 9.17) is 5.11 Å². The Hall–Kier alpha value is -1.51. The summed E-state index contributed by atoms with van der Waals surface area (Å²) >= 11 is 0. The van der Waals surface area contributed by atoms with Gasteiger partial charge in [-0.1, -0.05) is 12.1 Å². The lowest BCUT2D eigenvalue weighted by Crippen LogP contribution is -2.12. The van der Waals surface area contributed by atoms with E-state index in [9.17, 15) is 4.79 Å². The van der Waals surface area contributed by atoms with Crippen molar-refractivity contribution >= 4 is 11.7 Å². The van der Waals surface area contributed by atoms with Gasteiger partial charge < -0.3 is 10.0 Å². The Kier molecular flexibility index (Phi) is 3.72. The predicted molar refractivity (Wildman–Crippen MR) is 61.5 cm³/mol. The summed E-state index contributed by atoms with van der Waals surface area (Å²) in [4.78, 5) is 12.5. The molecule has 1 aromatic carbocycles. The van der Waals surface area contributed by atoms with Crippen molar-refractivity contribution in [2.24, 2.45) is 0 Å². The molecule has 0 spiro atoms. The van der Waals surface area contributed by atoms with E-state index in [1.807, 2.05) is 38.1 Å². The Morgan fingerprint density at radius 2 is 2.07 bits per heavy atom. The molecule has 0 amide bonds. The summed E-state index contributed by atoms with van der Waals surface area (Å²) < 4.78 is 0. The second-order valence-electron chi connectivity index (χ2n) is 3.92. The number of rotatable bonds is 4. The van der Waals surface area contributed by atoms with Crippen LogP contribution >= 0.6 is 0 Å². The van der Waals surface area contributed by atoms with E-state index >= 15 is 0 Å². The number of hydrogen-bond acceptors (Lipinski definition) is 2. The van der Waals surface area contributed by atoms with Gasteiger partial charge in [0, 0.05) is 26.2 Å². The SMILES string of the molecule is Cc1ccc(CCC(=O)O)c(N(C)C)c1. The normalized spacial score (nSPS) is 10.1. The highest BCUT2D eigenvalue weighted by atomic mass is 16.4. The molecule has 0 unspecified atom stereocenters. The summed E-state index contributed by atoms with van der Waals surface area (Å²) in [6.45, 7) is 2.04. The molecule has 0 fully saturated rings. The molecule has 0 heterocycles. The van der Waals surface area contributed by atoms with Crippen LogP contribution in [0.1, 0.15) is 17.5 Å². The van der Waals surface area contributed by atoms with Crippen LogP contribution in [-0.2, 0) is 11.2 Å². The molecule has 0 saturated carbocycles. The highest BCUT2D eigenvalue weighted by Gasteiger charge is 2.06. The van der Waals surface area contributed by atoms with Crippen molar-refractivity contribution in [1.82, 2.24) is 0 Å². The fraction of sp³-hybridized carbons (Fsp3) is 0.417. The van der Waals surface area contributed by atoms with Gasteiger partial charge in [-0.25, -0.2) is 0 Å². The molecule has 0 aliphatic heterocycles. The van der Waals surface area contributed by atoms with Crippen molar-refractivity contribution in [3.8, 4) is 0 Å². The third kappa shape index (κ3) is 3.27. The maximum atomic E-state index is 10.5. The first-order valence-corrected chi connectivity index (χ1v) is 4.99. The van der Waals surface area contributed by atoms with Gasteiger partial charge in [0.25, 0.3) is 0 Å². The molecule has 0 atom stereocenters. The van der Waals surface area contributed by atoms with Crippen LogP contribution in [0.15, 0.2) is 18.2 Å². The molecule has 1 aromatic rings. The largest absolute Gasteiger partial charge is 0.481 e. The molecule has 1 rings (SSSR count). The molecular formula is C12H17NO2. The standard InChI is InChI=1S/C12H17NO2/c1-9-4-5-10(6-7-12(14)15)11(8-9)13(2)3/h4-5,8H,6-7H2,1-3H3,(H,14,15). The minimum absolute atomic E-state index is 0.184.